The van der Waals surface area contributed by atoms with Crippen LogP contribution in [0, 0.1) is 13.8 Å². The van der Waals surface area contributed by atoms with E-state index in [9.17, 15) is 0 Å². The van der Waals surface area contributed by atoms with E-state index in [0.29, 0.717) is 0 Å². The molecular weight excluding hydrogens is 148 g/mol. The molecule has 0 saturated carbocycles. The lowest BCUT2D eigenvalue weighted by Crippen LogP contribution is -2.09. The SMILES string of the molecule is C=C[C@@H](N)c1ccc(C)nc1C. The van der Waals surface area contributed by atoms with Gasteiger partial charge in [0, 0.05) is 17.4 Å². The highest BCUT2D eigenvalue weighted by Crippen LogP contribution is 2.14. The molecule has 0 aliphatic rings. The Balaban J connectivity index is 3.09. The monoisotopic (exact) mass is 162 g/mol. The molecule has 0 spiro atoms. The van der Waals surface area contributed by atoms with Crippen LogP contribution in [0.2, 0.25) is 0 Å². The van der Waals surface area contributed by atoms with Gasteiger partial charge < -0.3 is 5.73 Å². The maximum absolute atomic E-state index is 5.79. The minimum Gasteiger partial charge on any atom is -0.321 e. The predicted octanol–water partition coefficient (Wildman–Crippen LogP) is 1.88. The molecule has 2 N–H and O–H groups in total. The summed E-state index contributed by atoms with van der Waals surface area (Å²) >= 11 is 0. The van der Waals surface area contributed by atoms with Gasteiger partial charge in [-0.25, -0.2) is 0 Å². The summed E-state index contributed by atoms with van der Waals surface area (Å²) in [6, 6.07) is 3.87. The highest BCUT2D eigenvalue weighted by Gasteiger charge is 2.04. The molecule has 2 heteroatoms. The summed E-state index contributed by atoms with van der Waals surface area (Å²) in [6.45, 7) is 7.58. The van der Waals surface area contributed by atoms with E-state index in [0.717, 1.165) is 17.0 Å². The molecule has 0 aliphatic heterocycles. The summed E-state index contributed by atoms with van der Waals surface area (Å²) in [6.07, 6.45) is 1.72. The van der Waals surface area contributed by atoms with E-state index in [1.807, 2.05) is 26.0 Å². The van der Waals surface area contributed by atoms with Crippen molar-refractivity contribution in [2.75, 3.05) is 0 Å². The van der Waals surface area contributed by atoms with Crippen LogP contribution in [-0.2, 0) is 0 Å². The van der Waals surface area contributed by atoms with Gasteiger partial charge in [-0.2, -0.15) is 0 Å². The Morgan fingerprint density at radius 2 is 2.17 bits per heavy atom. The smallest absolute Gasteiger partial charge is 0.0496 e. The standard InChI is InChI=1S/C10H14N2/c1-4-10(11)9-6-5-7(2)12-8(9)3/h4-6,10H,1,11H2,2-3H3/t10-/m1/s1. The number of nitrogens with two attached hydrogens (primary N) is 1. The van der Waals surface area contributed by atoms with Gasteiger partial charge in [0.2, 0.25) is 0 Å². The number of aryl methyl sites for hydroxylation is 2. The Hall–Kier alpha value is -1.15. The van der Waals surface area contributed by atoms with Crippen LogP contribution < -0.4 is 5.73 Å². The number of nitrogens with zero attached hydrogens (tertiary/aromatic N) is 1. The third kappa shape index (κ3) is 1.71. The number of hydrogen-bond acceptors (Lipinski definition) is 2. The van der Waals surface area contributed by atoms with Crippen molar-refractivity contribution in [2.45, 2.75) is 19.9 Å². The van der Waals surface area contributed by atoms with Crippen LogP contribution >= 0.6 is 0 Å². The van der Waals surface area contributed by atoms with Crippen LogP contribution in [0.15, 0.2) is 24.8 Å². The second kappa shape index (κ2) is 3.50. The third-order valence-electron chi connectivity index (χ3n) is 1.88. The lowest BCUT2D eigenvalue weighted by molar-refractivity contribution is 0.879. The van der Waals surface area contributed by atoms with Crippen molar-refractivity contribution in [3.05, 3.63) is 41.7 Å². The van der Waals surface area contributed by atoms with Gasteiger partial charge in [0.15, 0.2) is 0 Å². The van der Waals surface area contributed by atoms with E-state index < -0.39 is 0 Å². The molecule has 0 aliphatic carbocycles. The number of aromatic nitrogens is 1. The predicted molar refractivity (Wildman–Crippen MR) is 50.8 cm³/mol. The molecule has 0 saturated heterocycles. The van der Waals surface area contributed by atoms with E-state index in [1.54, 1.807) is 6.08 Å². The van der Waals surface area contributed by atoms with Gasteiger partial charge in [0.05, 0.1) is 0 Å². The van der Waals surface area contributed by atoms with Crippen LogP contribution in [0.1, 0.15) is 23.0 Å². The molecule has 0 bridgehead atoms. The summed E-state index contributed by atoms with van der Waals surface area (Å²) in [4.78, 5) is 4.31. The van der Waals surface area contributed by atoms with E-state index in [2.05, 4.69) is 11.6 Å². The fourth-order valence-corrected chi connectivity index (χ4v) is 1.18. The average molecular weight is 162 g/mol. The fraction of sp³-hybridized carbons (Fsp3) is 0.300. The molecule has 0 aromatic carbocycles. The van der Waals surface area contributed by atoms with Gasteiger partial charge >= 0.3 is 0 Å². The zero-order chi connectivity index (χ0) is 9.14. The van der Waals surface area contributed by atoms with Gasteiger partial charge in [0.1, 0.15) is 0 Å². The first kappa shape index (κ1) is 8.94. The molecule has 0 fully saturated rings. The molecule has 1 aromatic heterocycles. The van der Waals surface area contributed by atoms with Gasteiger partial charge in [-0.1, -0.05) is 12.1 Å². The van der Waals surface area contributed by atoms with Gasteiger partial charge in [-0.3, -0.25) is 4.98 Å². The molecular formula is C10H14N2. The average Bonchev–Trinajstić information content (AvgIpc) is 2.03. The zero-order valence-corrected chi connectivity index (χ0v) is 7.54. The second-order valence-electron chi connectivity index (χ2n) is 2.89. The van der Waals surface area contributed by atoms with Crippen LogP contribution in [0.5, 0.6) is 0 Å². The topological polar surface area (TPSA) is 38.9 Å². The van der Waals surface area contributed by atoms with Crippen LogP contribution in [-0.4, -0.2) is 4.98 Å². The van der Waals surface area contributed by atoms with Gasteiger partial charge in [-0.15, -0.1) is 6.58 Å². The van der Waals surface area contributed by atoms with Crippen molar-refractivity contribution in [3.63, 3.8) is 0 Å². The van der Waals surface area contributed by atoms with Gasteiger partial charge in [0.25, 0.3) is 0 Å². The first-order valence-electron chi connectivity index (χ1n) is 3.97. The van der Waals surface area contributed by atoms with Crippen molar-refractivity contribution >= 4 is 0 Å². The van der Waals surface area contributed by atoms with Crippen molar-refractivity contribution in [2.24, 2.45) is 5.73 Å². The van der Waals surface area contributed by atoms with E-state index in [1.165, 1.54) is 0 Å². The van der Waals surface area contributed by atoms with Crippen molar-refractivity contribution in [3.8, 4) is 0 Å². The lowest BCUT2D eigenvalue weighted by atomic mass is 10.1. The maximum atomic E-state index is 5.79. The number of hydrogen-bond donors (Lipinski definition) is 1. The molecule has 2 nitrogen and oxygen atoms in total. The Kier molecular flexibility index (Phi) is 2.61. The Morgan fingerprint density at radius 3 is 2.67 bits per heavy atom. The fourth-order valence-electron chi connectivity index (χ4n) is 1.18. The summed E-state index contributed by atoms with van der Waals surface area (Å²) < 4.78 is 0. The summed E-state index contributed by atoms with van der Waals surface area (Å²) in [5, 5.41) is 0. The Bertz CT molecular complexity index is 292. The van der Waals surface area contributed by atoms with Crippen molar-refractivity contribution in [1.82, 2.24) is 4.98 Å². The lowest BCUT2D eigenvalue weighted by Gasteiger charge is -2.09. The highest BCUT2D eigenvalue weighted by atomic mass is 14.7. The first-order chi connectivity index (χ1) is 5.65. The largest absolute Gasteiger partial charge is 0.321 e. The Labute approximate surface area is 73.1 Å². The molecule has 1 heterocycles. The normalized spacial score (nSPS) is 12.6. The minimum atomic E-state index is -0.0990. The maximum Gasteiger partial charge on any atom is 0.0496 e. The van der Waals surface area contributed by atoms with Gasteiger partial charge in [-0.05, 0) is 25.5 Å². The summed E-state index contributed by atoms with van der Waals surface area (Å²) in [5.41, 5.74) is 8.85. The summed E-state index contributed by atoms with van der Waals surface area (Å²) in [7, 11) is 0. The molecule has 1 rings (SSSR count). The molecule has 0 amide bonds. The zero-order valence-electron chi connectivity index (χ0n) is 7.54. The van der Waals surface area contributed by atoms with E-state index in [-0.39, 0.29) is 6.04 Å². The third-order valence-corrected chi connectivity index (χ3v) is 1.88. The number of pyridine rings is 1. The first-order valence-corrected chi connectivity index (χ1v) is 3.97. The van der Waals surface area contributed by atoms with E-state index >= 15 is 0 Å². The van der Waals surface area contributed by atoms with Crippen LogP contribution in [0.4, 0.5) is 0 Å². The quantitative estimate of drug-likeness (QED) is 0.674. The molecule has 12 heavy (non-hydrogen) atoms. The van der Waals surface area contributed by atoms with Crippen molar-refractivity contribution < 1.29 is 0 Å². The minimum absolute atomic E-state index is 0.0990. The van der Waals surface area contributed by atoms with Crippen LogP contribution in [0.25, 0.3) is 0 Å². The molecule has 0 unspecified atom stereocenters. The molecule has 1 atom stereocenters. The number of rotatable bonds is 2. The second-order valence-corrected chi connectivity index (χ2v) is 2.89. The van der Waals surface area contributed by atoms with Crippen molar-refractivity contribution in [1.29, 1.82) is 0 Å². The molecule has 64 valence electrons. The Morgan fingerprint density at radius 1 is 1.50 bits per heavy atom. The van der Waals surface area contributed by atoms with E-state index in [4.69, 9.17) is 5.73 Å². The molecule has 1 aromatic rings. The highest BCUT2D eigenvalue weighted by molar-refractivity contribution is 5.27. The molecule has 0 radical (unpaired) electrons. The van der Waals surface area contributed by atoms with Crippen LogP contribution in [0.3, 0.4) is 0 Å². The summed E-state index contributed by atoms with van der Waals surface area (Å²) in [5.74, 6) is 0.